The highest BCUT2D eigenvalue weighted by Gasteiger charge is 2.30. The predicted molar refractivity (Wildman–Crippen MR) is 69.2 cm³/mol. The molecule has 19 heavy (non-hydrogen) atoms. The van der Waals surface area contributed by atoms with Gasteiger partial charge >= 0.3 is 5.97 Å². The standard InChI is InChI=1S/C13H19N3O3/c1-18-13(17)12-9-19-5-4-16(12)8-10-2-3-15-11(6-10)7-14/h2-3,6,12H,4-5,7-9,14H2,1H3. The fourth-order valence-electron chi connectivity index (χ4n) is 2.15. The summed E-state index contributed by atoms with van der Waals surface area (Å²) in [5, 5.41) is 0. The quantitative estimate of drug-likeness (QED) is 0.767. The molecule has 1 aliphatic heterocycles. The molecule has 0 saturated carbocycles. The van der Waals surface area contributed by atoms with E-state index in [1.165, 1.54) is 7.11 Å². The number of rotatable bonds is 4. The van der Waals surface area contributed by atoms with Crippen molar-refractivity contribution in [3.63, 3.8) is 0 Å². The Labute approximate surface area is 112 Å². The second-order valence-corrected chi connectivity index (χ2v) is 4.44. The first-order chi connectivity index (χ1) is 9.24. The van der Waals surface area contributed by atoms with Crippen LogP contribution in [0.25, 0.3) is 0 Å². The third-order valence-corrected chi connectivity index (χ3v) is 3.19. The molecule has 0 amide bonds. The van der Waals surface area contributed by atoms with Gasteiger partial charge in [0.15, 0.2) is 0 Å². The molecule has 6 nitrogen and oxygen atoms in total. The second kappa shape index (κ2) is 6.60. The number of hydrogen-bond donors (Lipinski definition) is 1. The molecular formula is C13H19N3O3. The molecule has 0 bridgehead atoms. The van der Waals surface area contributed by atoms with Gasteiger partial charge in [0.05, 0.1) is 26.0 Å². The fraction of sp³-hybridized carbons (Fsp3) is 0.538. The lowest BCUT2D eigenvalue weighted by Crippen LogP contribution is -2.49. The minimum absolute atomic E-state index is 0.257. The van der Waals surface area contributed by atoms with E-state index in [1.807, 2.05) is 12.1 Å². The summed E-state index contributed by atoms with van der Waals surface area (Å²) in [6, 6.07) is 3.56. The molecule has 2 rings (SSSR count). The van der Waals surface area contributed by atoms with Gasteiger partial charge in [-0.15, -0.1) is 0 Å². The molecule has 2 heterocycles. The lowest BCUT2D eigenvalue weighted by atomic mass is 10.1. The van der Waals surface area contributed by atoms with Gasteiger partial charge in [0.2, 0.25) is 0 Å². The predicted octanol–water partition coefficient (Wildman–Crippen LogP) is -0.0859. The first-order valence-corrected chi connectivity index (χ1v) is 6.28. The van der Waals surface area contributed by atoms with E-state index in [0.717, 1.165) is 11.3 Å². The van der Waals surface area contributed by atoms with Gasteiger partial charge in [-0.3, -0.25) is 14.7 Å². The van der Waals surface area contributed by atoms with Gasteiger partial charge in [-0.1, -0.05) is 0 Å². The van der Waals surface area contributed by atoms with E-state index in [1.54, 1.807) is 6.20 Å². The van der Waals surface area contributed by atoms with Crippen LogP contribution < -0.4 is 5.73 Å². The van der Waals surface area contributed by atoms with Crippen LogP contribution in [-0.4, -0.2) is 48.8 Å². The zero-order valence-corrected chi connectivity index (χ0v) is 11.0. The molecule has 1 saturated heterocycles. The SMILES string of the molecule is COC(=O)C1COCCN1Cc1ccnc(CN)c1. The molecule has 1 aromatic heterocycles. The monoisotopic (exact) mass is 265 g/mol. The van der Waals surface area contributed by atoms with Crippen LogP contribution in [0.15, 0.2) is 18.3 Å². The summed E-state index contributed by atoms with van der Waals surface area (Å²) in [5.41, 5.74) is 7.52. The number of nitrogens with two attached hydrogens (primary N) is 1. The van der Waals surface area contributed by atoms with Gasteiger partial charge in [-0.2, -0.15) is 0 Å². The maximum absolute atomic E-state index is 11.7. The molecule has 1 fully saturated rings. The van der Waals surface area contributed by atoms with Crippen LogP contribution in [0.5, 0.6) is 0 Å². The van der Waals surface area contributed by atoms with Crippen molar-refractivity contribution in [3.05, 3.63) is 29.6 Å². The van der Waals surface area contributed by atoms with Gasteiger partial charge in [0, 0.05) is 25.8 Å². The van der Waals surface area contributed by atoms with Crippen molar-refractivity contribution in [3.8, 4) is 0 Å². The van der Waals surface area contributed by atoms with Crippen LogP contribution in [0, 0.1) is 0 Å². The number of nitrogens with zero attached hydrogens (tertiary/aromatic N) is 2. The van der Waals surface area contributed by atoms with E-state index in [2.05, 4.69) is 9.88 Å². The highest BCUT2D eigenvalue weighted by atomic mass is 16.5. The molecule has 0 aliphatic carbocycles. The van der Waals surface area contributed by atoms with E-state index >= 15 is 0 Å². The smallest absolute Gasteiger partial charge is 0.325 e. The number of esters is 1. The average Bonchev–Trinajstić information content (AvgIpc) is 2.47. The Kier molecular flexibility index (Phi) is 4.84. The summed E-state index contributed by atoms with van der Waals surface area (Å²) in [4.78, 5) is 17.9. The number of ether oxygens (including phenoxy) is 2. The molecular weight excluding hydrogens is 246 g/mol. The minimum atomic E-state index is -0.340. The van der Waals surface area contributed by atoms with Crippen molar-refractivity contribution in [2.24, 2.45) is 5.73 Å². The number of morpholine rings is 1. The Balaban J connectivity index is 2.08. The van der Waals surface area contributed by atoms with Crippen LogP contribution in [0.1, 0.15) is 11.3 Å². The van der Waals surface area contributed by atoms with Gasteiger partial charge in [-0.25, -0.2) is 0 Å². The molecule has 0 aromatic carbocycles. The lowest BCUT2D eigenvalue weighted by molar-refractivity contribution is -0.153. The third-order valence-electron chi connectivity index (χ3n) is 3.19. The number of methoxy groups -OCH3 is 1. The van der Waals surface area contributed by atoms with Crippen molar-refractivity contribution in [1.29, 1.82) is 0 Å². The van der Waals surface area contributed by atoms with Crippen molar-refractivity contribution in [2.45, 2.75) is 19.1 Å². The summed E-state index contributed by atoms with van der Waals surface area (Å²) < 4.78 is 10.2. The fourth-order valence-corrected chi connectivity index (χ4v) is 2.15. The number of pyridine rings is 1. The Morgan fingerprint density at radius 2 is 2.53 bits per heavy atom. The maximum Gasteiger partial charge on any atom is 0.325 e. The molecule has 0 spiro atoms. The highest BCUT2D eigenvalue weighted by molar-refractivity contribution is 5.75. The van der Waals surface area contributed by atoms with Crippen molar-refractivity contribution >= 4 is 5.97 Å². The van der Waals surface area contributed by atoms with Crippen LogP contribution in [0.4, 0.5) is 0 Å². The largest absolute Gasteiger partial charge is 0.468 e. The second-order valence-electron chi connectivity index (χ2n) is 4.44. The zero-order chi connectivity index (χ0) is 13.7. The molecule has 104 valence electrons. The topological polar surface area (TPSA) is 77.7 Å². The number of aromatic nitrogens is 1. The van der Waals surface area contributed by atoms with Crippen LogP contribution in [0.3, 0.4) is 0 Å². The maximum atomic E-state index is 11.7. The Bertz CT molecular complexity index is 439. The molecule has 6 heteroatoms. The van der Waals surface area contributed by atoms with Crippen molar-refractivity contribution in [1.82, 2.24) is 9.88 Å². The first-order valence-electron chi connectivity index (χ1n) is 6.28. The van der Waals surface area contributed by atoms with E-state index in [0.29, 0.717) is 32.8 Å². The van der Waals surface area contributed by atoms with E-state index in [9.17, 15) is 4.79 Å². The Morgan fingerprint density at radius 1 is 1.68 bits per heavy atom. The minimum Gasteiger partial charge on any atom is -0.468 e. The lowest BCUT2D eigenvalue weighted by Gasteiger charge is -2.33. The molecule has 0 radical (unpaired) electrons. The van der Waals surface area contributed by atoms with Gasteiger partial charge in [0.1, 0.15) is 6.04 Å². The van der Waals surface area contributed by atoms with Crippen LogP contribution >= 0.6 is 0 Å². The molecule has 1 atom stereocenters. The molecule has 2 N–H and O–H groups in total. The normalized spacial score (nSPS) is 20.2. The summed E-state index contributed by atoms with van der Waals surface area (Å²) in [5.74, 6) is -0.257. The average molecular weight is 265 g/mol. The molecule has 1 aromatic rings. The molecule has 1 unspecified atom stereocenters. The number of hydrogen-bond acceptors (Lipinski definition) is 6. The Hall–Kier alpha value is -1.50. The zero-order valence-electron chi connectivity index (χ0n) is 11.0. The molecule has 1 aliphatic rings. The van der Waals surface area contributed by atoms with Crippen molar-refractivity contribution < 1.29 is 14.3 Å². The van der Waals surface area contributed by atoms with Gasteiger partial charge < -0.3 is 15.2 Å². The summed E-state index contributed by atoms with van der Waals surface area (Å²) >= 11 is 0. The van der Waals surface area contributed by atoms with Gasteiger partial charge in [-0.05, 0) is 17.7 Å². The van der Waals surface area contributed by atoms with Gasteiger partial charge in [0.25, 0.3) is 0 Å². The van der Waals surface area contributed by atoms with E-state index < -0.39 is 0 Å². The van der Waals surface area contributed by atoms with E-state index in [-0.39, 0.29) is 12.0 Å². The summed E-state index contributed by atoms with van der Waals surface area (Å²) in [6.45, 7) is 2.79. The van der Waals surface area contributed by atoms with Crippen molar-refractivity contribution in [2.75, 3.05) is 26.9 Å². The first kappa shape index (κ1) is 13.9. The Morgan fingerprint density at radius 3 is 3.26 bits per heavy atom. The summed E-state index contributed by atoms with van der Waals surface area (Å²) in [7, 11) is 1.40. The number of carbonyl (C=O) groups is 1. The van der Waals surface area contributed by atoms with Crippen LogP contribution in [0.2, 0.25) is 0 Å². The number of carbonyl (C=O) groups excluding carboxylic acids is 1. The van der Waals surface area contributed by atoms with E-state index in [4.69, 9.17) is 15.2 Å². The third kappa shape index (κ3) is 3.50. The highest BCUT2D eigenvalue weighted by Crippen LogP contribution is 2.13. The van der Waals surface area contributed by atoms with Crippen LogP contribution in [-0.2, 0) is 27.4 Å². The summed E-state index contributed by atoms with van der Waals surface area (Å²) in [6.07, 6.45) is 1.74.